The first-order valence-electron chi connectivity index (χ1n) is 7.32. The van der Waals surface area contributed by atoms with Gasteiger partial charge in [0.25, 0.3) is 0 Å². The fourth-order valence-electron chi connectivity index (χ4n) is 2.19. The molecule has 0 spiro atoms. The van der Waals surface area contributed by atoms with Crippen molar-refractivity contribution in [2.45, 2.75) is 30.3 Å². The van der Waals surface area contributed by atoms with E-state index in [0.29, 0.717) is 5.76 Å². The molecule has 0 aliphatic rings. The zero-order valence-electron chi connectivity index (χ0n) is 13.5. The summed E-state index contributed by atoms with van der Waals surface area (Å²) in [4.78, 5) is 8.25. The van der Waals surface area contributed by atoms with E-state index in [0.717, 1.165) is 17.8 Å². The molecule has 0 amide bonds. The summed E-state index contributed by atoms with van der Waals surface area (Å²) in [5.41, 5.74) is -1.37. The molecule has 10 heteroatoms. The average molecular weight is 380 g/mol. The molecule has 0 N–H and O–H groups in total. The Hall–Kier alpha value is -2.80. The Morgan fingerprint density at radius 1 is 1.31 bits per heavy atom. The quantitative estimate of drug-likeness (QED) is 0.602. The van der Waals surface area contributed by atoms with E-state index in [2.05, 4.69) is 15.1 Å². The van der Waals surface area contributed by atoms with E-state index in [1.165, 1.54) is 13.2 Å². The van der Waals surface area contributed by atoms with Gasteiger partial charge in [0.2, 0.25) is 11.7 Å². The van der Waals surface area contributed by atoms with Crippen LogP contribution in [0, 0.1) is 18.3 Å². The van der Waals surface area contributed by atoms with Crippen molar-refractivity contribution in [3.63, 3.8) is 0 Å². The Morgan fingerprint density at radius 2 is 2.08 bits per heavy atom. The molecule has 3 rings (SSSR count). The van der Waals surface area contributed by atoms with Gasteiger partial charge in [-0.25, -0.2) is 4.98 Å². The molecule has 0 unspecified atom stereocenters. The molecule has 134 valence electrons. The zero-order valence-corrected chi connectivity index (χ0v) is 14.4. The fourth-order valence-corrected chi connectivity index (χ4v) is 3.19. The van der Waals surface area contributed by atoms with Crippen molar-refractivity contribution in [3.8, 4) is 17.7 Å². The summed E-state index contributed by atoms with van der Waals surface area (Å²) in [5.74, 6) is 0.816. The lowest BCUT2D eigenvalue weighted by Gasteiger charge is -2.14. The number of hydrogen-bond donors (Lipinski definition) is 0. The van der Waals surface area contributed by atoms with Gasteiger partial charge in [-0.15, -0.1) is 0 Å². The van der Waals surface area contributed by atoms with Crippen LogP contribution in [0.15, 0.2) is 38.4 Å². The highest BCUT2D eigenvalue weighted by molar-refractivity contribution is 7.99. The predicted octanol–water partition coefficient (Wildman–Crippen LogP) is 4.78. The van der Waals surface area contributed by atoms with Gasteiger partial charge < -0.3 is 8.94 Å². The Balaban J connectivity index is 1.91. The first-order chi connectivity index (χ1) is 12.3. The van der Waals surface area contributed by atoms with Crippen molar-refractivity contribution < 1.29 is 22.1 Å². The van der Waals surface area contributed by atoms with Crippen LogP contribution in [0.5, 0.6) is 0 Å². The number of nitriles is 1. The third-order valence-electron chi connectivity index (χ3n) is 3.35. The lowest BCUT2D eigenvalue weighted by molar-refractivity contribution is -0.138. The third-order valence-corrected chi connectivity index (χ3v) is 4.42. The maximum Gasteiger partial charge on any atom is 0.417 e. The molecule has 0 radical (unpaired) electrons. The molecule has 0 saturated heterocycles. The van der Waals surface area contributed by atoms with E-state index in [-0.39, 0.29) is 22.4 Å². The minimum absolute atomic E-state index is 0.0370. The summed E-state index contributed by atoms with van der Waals surface area (Å²) in [6, 6.07) is 5.77. The second kappa shape index (κ2) is 6.84. The highest BCUT2D eigenvalue weighted by atomic mass is 32.2. The van der Waals surface area contributed by atoms with E-state index in [9.17, 15) is 18.4 Å². The fraction of sp³-hybridized carbons (Fsp3) is 0.250. The van der Waals surface area contributed by atoms with Gasteiger partial charge in [-0.1, -0.05) is 16.9 Å². The van der Waals surface area contributed by atoms with Crippen LogP contribution in [0.25, 0.3) is 11.6 Å². The van der Waals surface area contributed by atoms with E-state index in [4.69, 9.17) is 8.94 Å². The van der Waals surface area contributed by atoms with Crippen LogP contribution < -0.4 is 0 Å². The van der Waals surface area contributed by atoms with Crippen LogP contribution in [0.1, 0.15) is 34.9 Å². The molecule has 1 atom stereocenters. The van der Waals surface area contributed by atoms with Crippen molar-refractivity contribution in [1.29, 1.82) is 5.26 Å². The number of halogens is 3. The summed E-state index contributed by atoms with van der Waals surface area (Å²) in [6.45, 7) is 3.11. The summed E-state index contributed by atoms with van der Waals surface area (Å²) in [5, 5.41) is 12.4. The number of rotatable bonds is 4. The van der Waals surface area contributed by atoms with Crippen LogP contribution >= 0.6 is 11.8 Å². The molecule has 3 heterocycles. The molecule has 0 fully saturated rings. The summed E-state index contributed by atoms with van der Waals surface area (Å²) < 4.78 is 49.8. The maximum absolute atomic E-state index is 13.2. The Bertz CT molecular complexity index is 961. The largest absolute Gasteiger partial charge is 0.461 e. The van der Waals surface area contributed by atoms with Crippen LogP contribution in [-0.2, 0) is 6.18 Å². The number of furan rings is 1. The number of alkyl halides is 3. The van der Waals surface area contributed by atoms with Crippen LogP contribution in [0.3, 0.4) is 0 Å². The van der Waals surface area contributed by atoms with E-state index < -0.39 is 22.6 Å². The van der Waals surface area contributed by atoms with Gasteiger partial charge in [0.15, 0.2) is 5.76 Å². The van der Waals surface area contributed by atoms with Gasteiger partial charge in [0, 0.05) is 5.69 Å². The molecule has 3 aromatic heterocycles. The molecule has 26 heavy (non-hydrogen) atoms. The van der Waals surface area contributed by atoms with Crippen molar-refractivity contribution in [1.82, 2.24) is 15.1 Å². The average Bonchev–Trinajstić information content (AvgIpc) is 3.24. The molecule has 0 aliphatic carbocycles. The standard InChI is InChI=1S/C16H11F3N4O2S/c1-8-6-11(16(17,18)19)10(7-20)15(21-8)26-9(2)14-22-13(23-25-14)12-4-3-5-24-12/h3-6,9H,1-2H3/t9-/m1/s1. The number of pyridine rings is 1. The number of aromatic nitrogens is 3. The number of hydrogen-bond acceptors (Lipinski definition) is 7. The molecule has 6 nitrogen and oxygen atoms in total. The molecule has 0 aliphatic heterocycles. The molecule has 3 aromatic rings. The van der Waals surface area contributed by atoms with Gasteiger partial charge in [-0.3, -0.25) is 0 Å². The van der Waals surface area contributed by atoms with Crippen LogP contribution in [-0.4, -0.2) is 15.1 Å². The Labute approximate surface area is 150 Å². The molecule has 0 aromatic carbocycles. The summed E-state index contributed by atoms with van der Waals surface area (Å²) >= 11 is 0.942. The van der Waals surface area contributed by atoms with Gasteiger partial charge in [0.05, 0.1) is 22.6 Å². The van der Waals surface area contributed by atoms with Crippen LogP contribution in [0.2, 0.25) is 0 Å². The topological polar surface area (TPSA) is 88.7 Å². The van der Waals surface area contributed by atoms with Crippen molar-refractivity contribution in [2.75, 3.05) is 0 Å². The predicted molar refractivity (Wildman–Crippen MR) is 85.0 cm³/mol. The first kappa shape index (κ1) is 18.0. The second-order valence-electron chi connectivity index (χ2n) is 5.29. The van der Waals surface area contributed by atoms with Gasteiger partial charge in [-0.05, 0) is 32.0 Å². The second-order valence-corrected chi connectivity index (χ2v) is 6.62. The van der Waals surface area contributed by atoms with Crippen LogP contribution in [0.4, 0.5) is 13.2 Å². The molecular formula is C16H11F3N4O2S. The smallest absolute Gasteiger partial charge is 0.417 e. The van der Waals surface area contributed by atoms with Gasteiger partial charge in [0.1, 0.15) is 11.1 Å². The van der Waals surface area contributed by atoms with Crippen molar-refractivity contribution in [3.05, 3.63) is 47.2 Å². The Kier molecular flexibility index (Phi) is 4.73. The number of nitrogens with zero attached hydrogens (tertiary/aromatic N) is 4. The van der Waals surface area contributed by atoms with E-state index in [1.807, 2.05) is 0 Å². The van der Waals surface area contributed by atoms with Crippen molar-refractivity contribution in [2.24, 2.45) is 0 Å². The van der Waals surface area contributed by atoms with Gasteiger partial charge >= 0.3 is 6.18 Å². The zero-order chi connectivity index (χ0) is 18.9. The number of thioether (sulfide) groups is 1. The monoisotopic (exact) mass is 380 g/mol. The minimum atomic E-state index is -4.64. The summed E-state index contributed by atoms with van der Waals surface area (Å²) in [7, 11) is 0. The normalized spacial score (nSPS) is 12.8. The molecule has 0 bridgehead atoms. The lowest BCUT2D eigenvalue weighted by atomic mass is 10.1. The van der Waals surface area contributed by atoms with Gasteiger partial charge in [-0.2, -0.15) is 23.4 Å². The van der Waals surface area contributed by atoms with E-state index >= 15 is 0 Å². The van der Waals surface area contributed by atoms with Crippen molar-refractivity contribution >= 4 is 11.8 Å². The van der Waals surface area contributed by atoms with E-state index in [1.54, 1.807) is 25.1 Å². The molecular weight excluding hydrogens is 369 g/mol. The lowest BCUT2D eigenvalue weighted by Crippen LogP contribution is -2.11. The SMILES string of the molecule is Cc1cc(C(F)(F)F)c(C#N)c(S[C@H](C)c2nc(-c3ccco3)no2)n1. The summed E-state index contributed by atoms with van der Waals surface area (Å²) in [6.07, 6.45) is -3.19. The minimum Gasteiger partial charge on any atom is -0.461 e. The number of aryl methyl sites for hydroxylation is 1. The maximum atomic E-state index is 13.2. The molecule has 0 saturated carbocycles. The highest BCUT2D eigenvalue weighted by Crippen LogP contribution is 2.40. The Morgan fingerprint density at radius 3 is 2.69 bits per heavy atom. The third kappa shape index (κ3) is 3.57. The first-order valence-corrected chi connectivity index (χ1v) is 8.20. The highest BCUT2D eigenvalue weighted by Gasteiger charge is 2.36.